The molecular formula is C24H19BrClNO4S. The topological polar surface area (TPSA) is 76.4 Å². The Morgan fingerprint density at radius 2 is 1.78 bits per heavy atom. The van der Waals surface area contributed by atoms with Gasteiger partial charge in [-0.05, 0) is 76.5 Å². The van der Waals surface area contributed by atoms with E-state index in [-0.39, 0.29) is 16.4 Å². The van der Waals surface area contributed by atoms with Crippen molar-refractivity contribution < 1.29 is 17.9 Å². The Labute approximate surface area is 200 Å². The molecule has 0 aliphatic carbocycles. The van der Waals surface area contributed by atoms with Crippen LogP contribution in [0.4, 0.5) is 0 Å². The summed E-state index contributed by atoms with van der Waals surface area (Å²) in [5, 5.41) is 10.2. The van der Waals surface area contributed by atoms with Gasteiger partial charge >= 0.3 is 0 Å². The summed E-state index contributed by atoms with van der Waals surface area (Å²) in [6, 6.07) is 18.7. The Kier molecular flexibility index (Phi) is 7.62. The Morgan fingerprint density at radius 3 is 2.38 bits per heavy atom. The maximum absolute atomic E-state index is 12.9. The van der Waals surface area contributed by atoms with Gasteiger partial charge in [-0.3, -0.25) is 0 Å². The van der Waals surface area contributed by atoms with E-state index in [1.54, 1.807) is 42.5 Å². The van der Waals surface area contributed by atoms with Crippen molar-refractivity contribution in [3.05, 3.63) is 91.8 Å². The molecule has 3 aromatic rings. The predicted octanol–water partition coefficient (Wildman–Crippen LogP) is 6.34. The standard InChI is InChI=1S/C24H19BrClNO4S/c1-16-3-9-20(10-4-16)32(28,29)21(14-27)11-18-12-22(25)24(23(13-18)30-2)31-15-17-5-7-19(26)8-6-17/h3-13H,15H2,1-2H3. The number of nitrogens with zero attached hydrogens (tertiary/aromatic N) is 1. The smallest absolute Gasteiger partial charge is 0.216 e. The van der Waals surface area contributed by atoms with E-state index in [4.69, 9.17) is 21.1 Å². The molecule has 8 heteroatoms. The van der Waals surface area contributed by atoms with Crippen molar-refractivity contribution >= 4 is 43.4 Å². The minimum absolute atomic E-state index is 0.0600. The monoisotopic (exact) mass is 531 g/mol. The molecule has 3 rings (SSSR count). The number of rotatable bonds is 7. The number of allylic oxidation sites excluding steroid dienone is 1. The normalized spacial score (nSPS) is 11.7. The molecule has 5 nitrogen and oxygen atoms in total. The summed E-state index contributed by atoms with van der Waals surface area (Å²) in [4.78, 5) is -0.310. The van der Waals surface area contributed by atoms with E-state index in [2.05, 4.69) is 15.9 Å². The van der Waals surface area contributed by atoms with Crippen LogP contribution < -0.4 is 9.47 Å². The van der Waals surface area contributed by atoms with Gasteiger partial charge in [0.25, 0.3) is 0 Å². The minimum atomic E-state index is -3.96. The van der Waals surface area contributed by atoms with Gasteiger partial charge in [-0.15, -0.1) is 0 Å². The second-order valence-electron chi connectivity index (χ2n) is 6.89. The average Bonchev–Trinajstić information content (AvgIpc) is 2.77. The van der Waals surface area contributed by atoms with Gasteiger partial charge in [-0.25, -0.2) is 8.42 Å². The Bertz CT molecular complexity index is 1300. The molecule has 0 unspecified atom stereocenters. The van der Waals surface area contributed by atoms with Crippen LogP contribution in [-0.4, -0.2) is 15.5 Å². The first-order chi connectivity index (χ1) is 15.2. The van der Waals surface area contributed by atoms with Crippen LogP contribution in [0.2, 0.25) is 5.02 Å². The van der Waals surface area contributed by atoms with Gasteiger partial charge in [0.2, 0.25) is 9.84 Å². The summed E-state index contributed by atoms with van der Waals surface area (Å²) in [7, 11) is -2.47. The summed E-state index contributed by atoms with van der Waals surface area (Å²) in [6.07, 6.45) is 1.31. The molecule has 164 valence electrons. The van der Waals surface area contributed by atoms with Gasteiger partial charge in [0.05, 0.1) is 16.5 Å². The molecule has 3 aromatic carbocycles. The summed E-state index contributed by atoms with van der Waals surface area (Å²) >= 11 is 9.36. The molecule has 0 saturated heterocycles. The molecular weight excluding hydrogens is 514 g/mol. The van der Waals surface area contributed by atoms with Crippen LogP contribution in [0.3, 0.4) is 0 Å². The number of halogens is 2. The fourth-order valence-electron chi connectivity index (χ4n) is 2.87. The Balaban J connectivity index is 1.93. The first kappa shape index (κ1) is 23.9. The fourth-order valence-corrected chi connectivity index (χ4v) is 4.72. The zero-order valence-electron chi connectivity index (χ0n) is 17.3. The number of nitriles is 1. The molecule has 0 bridgehead atoms. The lowest BCUT2D eigenvalue weighted by Crippen LogP contribution is -2.04. The highest BCUT2D eigenvalue weighted by molar-refractivity contribution is 9.10. The van der Waals surface area contributed by atoms with Crippen molar-refractivity contribution in [2.45, 2.75) is 18.4 Å². The third kappa shape index (κ3) is 5.52. The lowest BCUT2D eigenvalue weighted by atomic mass is 10.2. The summed E-state index contributed by atoms with van der Waals surface area (Å²) in [5.74, 6) is 0.851. The number of methoxy groups -OCH3 is 1. The molecule has 0 N–H and O–H groups in total. The molecule has 0 atom stereocenters. The van der Waals surface area contributed by atoms with E-state index in [1.165, 1.54) is 25.3 Å². The van der Waals surface area contributed by atoms with E-state index in [0.717, 1.165) is 11.1 Å². The SMILES string of the molecule is COc1cc(C=C(C#N)S(=O)(=O)c2ccc(C)cc2)cc(Br)c1OCc1ccc(Cl)cc1. The van der Waals surface area contributed by atoms with Crippen LogP contribution in [0.15, 0.2) is 74.9 Å². The zero-order chi connectivity index (χ0) is 23.3. The molecule has 0 aromatic heterocycles. The molecule has 0 radical (unpaired) electrons. The number of ether oxygens (including phenoxy) is 2. The Morgan fingerprint density at radius 1 is 1.12 bits per heavy atom. The largest absolute Gasteiger partial charge is 0.493 e. The van der Waals surface area contributed by atoms with Crippen molar-refractivity contribution in [1.29, 1.82) is 5.26 Å². The Hall–Kier alpha value is -2.79. The zero-order valence-corrected chi connectivity index (χ0v) is 20.5. The summed E-state index contributed by atoms with van der Waals surface area (Å²) in [6.45, 7) is 2.14. The van der Waals surface area contributed by atoms with E-state index < -0.39 is 9.84 Å². The van der Waals surface area contributed by atoms with Gasteiger partial charge in [-0.2, -0.15) is 5.26 Å². The minimum Gasteiger partial charge on any atom is -0.493 e. The molecule has 0 fully saturated rings. The van der Waals surface area contributed by atoms with Gasteiger partial charge in [-0.1, -0.05) is 41.4 Å². The van der Waals surface area contributed by atoms with Crippen molar-refractivity contribution in [3.63, 3.8) is 0 Å². The number of hydrogen-bond donors (Lipinski definition) is 0. The highest BCUT2D eigenvalue weighted by Crippen LogP contribution is 2.38. The van der Waals surface area contributed by atoms with Crippen molar-refractivity contribution in [1.82, 2.24) is 0 Å². The second kappa shape index (κ2) is 10.2. The van der Waals surface area contributed by atoms with E-state index in [0.29, 0.717) is 26.6 Å². The maximum Gasteiger partial charge on any atom is 0.216 e. The van der Waals surface area contributed by atoms with Gasteiger partial charge in [0.1, 0.15) is 17.6 Å². The van der Waals surface area contributed by atoms with Gasteiger partial charge in [0, 0.05) is 5.02 Å². The molecule has 32 heavy (non-hydrogen) atoms. The molecule has 0 aliphatic heterocycles. The highest BCUT2D eigenvalue weighted by Gasteiger charge is 2.21. The molecule has 0 spiro atoms. The molecule has 0 heterocycles. The van der Waals surface area contributed by atoms with Crippen LogP contribution in [0.1, 0.15) is 16.7 Å². The van der Waals surface area contributed by atoms with Gasteiger partial charge < -0.3 is 9.47 Å². The van der Waals surface area contributed by atoms with Crippen molar-refractivity contribution in [2.75, 3.05) is 7.11 Å². The fraction of sp³-hybridized carbons (Fsp3) is 0.125. The third-order valence-electron chi connectivity index (χ3n) is 4.58. The number of aryl methyl sites for hydroxylation is 1. The second-order valence-corrected chi connectivity index (χ2v) is 10.1. The summed E-state index contributed by atoms with van der Waals surface area (Å²) in [5.41, 5.74) is 2.32. The van der Waals surface area contributed by atoms with Gasteiger partial charge in [0.15, 0.2) is 11.5 Å². The van der Waals surface area contributed by atoms with Crippen molar-refractivity contribution in [2.24, 2.45) is 0 Å². The summed E-state index contributed by atoms with van der Waals surface area (Å²) < 4.78 is 37.7. The maximum atomic E-state index is 12.9. The quantitative estimate of drug-likeness (QED) is 0.332. The number of benzene rings is 3. The molecule has 0 aliphatic rings. The molecule has 0 amide bonds. The number of hydrogen-bond acceptors (Lipinski definition) is 5. The predicted molar refractivity (Wildman–Crippen MR) is 128 cm³/mol. The van der Waals surface area contributed by atoms with Crippen LogP contribution in [0.25, 0.3) is 6.08 Å². The van der Waals surface area contributed by atoms with Crippen LogP contribution in [0.5, 0.6) is 11.5 Å². The van der Waals surface area contributed by atoms with Crippen LogP contribution >= 0.6 is 27.5 Å². The average molecular weight is 533 g/mol. The third-order valence-corrected chi connectivity index (χ3v) is 7.10. The lowest BCUT2D eigenvalue weighted by Gasteiger charge is -2.14. The van der Waals surface area contributed by atoms with Crippen LogP contribution in [-0.2, 0) is 16.4 Å². The highest BCUT2D eigenvalue weighted by atomic mass is 79.9. The number of sulfone groups is 1. The van der Waals surface area contributed by atoms with E-state index >= 15 is 0 Å². The van der Waals surface area contributed by atoms with Crippen LogP contribution in [0, 0.1) is 18.3 Å². The molecule has 0 saturated carbocycles. The van der Waals surface area contributed by atoms with E-state index in [9.17, 15) is 13.7 Å². The van der Waals surface area contributed by atoms with Crippen molar-refractivity contribution in [3.8, 4) is 17.6 Å². The lowest BCUT2D eigenvalue weighted by molar-refractivity contribution is 0.282. The first-order valence-electron chi connectivity index (χ1n) is 9.43. The van der Waals surface area contributed by atoms with E-state index in [1.807, 2.05) is 19.1 Å². The first-order valence-corrected chi connectivity index (χ1v) is 12.1.